The molecule has 3 aromatic carbocycles. The van der Waals surface area contributed by atoms with Crippen molar-refractivity contribution in [2.45, 2.75) is 69.8 Å². The fourth-order valence-corrected chi connectivity index (χ4v) is 9.57. The number of benzene rings is 3. The smallest absolute Gasteiger partial charge is 0.303 e. The standard InChI is InChI=1S/C47H42N4O14S/c1-27(52)61-25-38-41(62-28(2)53)42(63-29(3)54)43(64-30(4)55)47(65-38)49-22-35(34-19-13-21-48-44(34)49)39-40(46(57)50(45(39)56)26-60-24-31-14-7-5-8-15-31)36-23-51(37-20-12-11-18-33(36)37)66(58,59)32-16-9-6-10-17-32/h5-23,38,41-43,47H,24-26H2,1-4H3/t38-,41-,42+,43-,47?/m1/s1. The molecule has 0 spiro atoms. The van der Waals surface area contributed by atoms with Crippen LogP contribution < -0.4 is 0 Å². The van der Waals surface area contributed by atoms with Crippen LogP contribution in [0.3, 0.4) is 0 Å². The third kappa shape index (κ3) is 8.70. The molecule has 3 aromatic heterocycles. The van der Waals surface area contributed by atoms with Crippen LogP contribution in [0, 0.1) is 0 Å². The molecule has 2 aliphatic heterocycles. The molecule has 2 amide bonds. The minimum Gasteiger partial charge on any atom is -0.463 e. The van der Waals surface area contributed by atoms with Gasteiger partial charge in [0, 0.05) is 68.2 Å². The Labute approximate surface area is 377 Å². The molecule has 0 radical (unpaired) electrons. The van der Waals surface area contributed by atoms with Crippen LogP contribution in [0.25, 0.3) is 33.1 Å². The van der Waals surface area contributed by atoms with Crippen molar-refractivity contribution in [3.63, 3.8) is 0 Å². The van der Waals surface area contributed by atoms with Crippen molar-refractivity contribution in [1.82, 2.24) is 18.4 Å². The van der Waals surface area contributed by atoms with Crippen LogP contribution in [0.5, 0.6) is 0 Å². The van der Waals surface area contributed by atoms with Crippen LogP contribution in [0.1, 0.15) is 50.6 Å². The lowest BCUT2D eigenvalue weighted by Gasteiger charge is -2.44. The number of esters is 4. The minimum absolute atomic E-state index is 0.0183. The second-order valence-electron chi connectivity index (χ2n) is 15.3. The second kappa shape index (κ2) is 18.6. The lowest BCUT2D eigenvalue weighted by atomic mass is 9.96. The van der Waals surface area contributed by atoms with E-state index in [1.54, 1.807) is 54.6 Å². The van der Waals surface area contributed by atoms with Crippen LogP contribution in [0.4, 0.5) is 0 Å². The summed E-state index contributed by atoms with van der Waals surface area (Å²) in [6, 6.07) is 26.6. The second-order valence-corrected chi connectivity index (χ2v) is 17.2. The van der Waals surface area contributed by atoms with Gasteiger partial charge in [0.1, 0.15) is 25.1 Å². The lowest BCUT2D eigenvalue weighted by molar-refractivity contribution is -0.267. The van der Waals surface area contributed by atoms with E-state index in [1.165, 1.54) is 35.3 Å². The Balaban J connectivity index is 1.34. The number of aromatic nitrogens is 3. The van der Waals surface area contributed by atoms with Crippen LogP contribution in [-0.2, 0) is 73.8 Å². The monoisotopic (exact) mass is 918 g/mol. The number of carbonyl (C=O) groups is 6. The highest BCUT2D eigenvalue weighted by Gasteiger charge is 2.53. The highest BCUT2D eigenvalue weighted by Crippen LogP contribution is 2.44. The molecule has 0 bridgehead atoms. The van der Waals surface area contributed by atoms with Crippen LogP contribution in [0.15, 0.2) is 121 Å². The first-order valence-corrected chi connectivity index (χ1v) is 22.0. The molecule has 18 nitrogen and oxygen atoms in total. The Kier molecular flexibility index (Phi) is 12.7. The van der Waals surface area contributed by atoms with Crippen molar-refractivity contribution in [2.24, 2.45) is 0 Å². The van der Waals surface area contributed by atoms with Gasteiger partial charge in [0.25, 0.3) is 21.8 Å². The third-order valence-electron chi connectivity index (χ3n) is 10.8. The van der Waals surface area contributed by atoms with Gasteiger partial charge >= 0.3 is 23.9 Å². The molecule has 66 heavy (non-hydrogen) atoms. The first-order valence-electron chi connectivity index (χ1n) is 20.5. The van der Waals surface area contributed by atoms with E-state index in [1.807, 2.05) is 30.3 Å². The molecule has 0 saturated carbocycles. The van der Waals surface area contributed by atoms with Gasteiger partial charge in [0.05, 0.1) is 28.2 Å². The average molecular weight is 919 g/mol. The number of fused-ring (bicyclic) bond motifs is 2. The lowest BCUT2D eigenvalue weighted by Crippen LogP contribution is -2.60. The summed E-state index contributed by atoms with van der Waals surface area (Å²) in [7, 11) is -4.26. The number of carbonyl (C=O) groups excluding carboxylic acids is 6. The van der Waals surface area contributed by atoms with E-state index < -0.39 is 89.7 Å². The van der Waals surface area contributed by atoms with Crippen LogP contribution in [0.2, 0.25) is 0 Å². The number of imide groups is 1. The Morgan fingerprint density at radius 1 is 0.667 bits per heavy atom. The number of rotatable bonds is 14. The first-order chi connectivity index (χ1) is 31.6. The fourth-order valence-electron chi connectivity index (χ4n) is 8.18. The number of amides is 2. The zero-order valence-electron chi connectivity index (χ0n) is 35.9. The highest BCUT2D eigenvalue weighted by molar-refractivity contribution is 7.90. The normalized spacial score (nSPS) is 19.9. The van der Waals surface area contributed by atoms with Crippen LogP contribution in [-0.4, -0.2) is 100 Å². The number of para-hydroxylation sites is 1. The summed E-state index contributed by atoms with van der Waals surface area (Å²) in [6.07, 6.45) is -3.20. The van der Waals surface area contributed by atoms with Gasteiger partial charge in [-0.1, -0.05) is 66.7 Å². The van der Waals surface area contributed by atoms with Gasteiger partial charge in [0.15, 0.2) is 24.5 Å². The van der Waals surface area contributed by atoms with Gasteiger partial charge in [-0.3, -0.25) is 28.8 Å². The maximum Gasteiger partial charge on any atom is 0.303 e. The maximum atomic E-state index is 15.0. The van der Waals surface area contributed by atoms with E-state index in [4.69, 9.17) is 28.4 Å². The molecule has 0 aliphatic carbocycles. The van der Waals surface area contributed by atoms with E-state index in [2.05, 4.69) is 4.98 Å². The van der Waals surface area contributed by atoms with Gasteiger partial charge in [0.2, 0.25) is 0 Å². The van der Waals surface area contributed by atoms with Gasteiger partial charge in [-0.2, -0.15) is 0 Å². The zero-order chi connectivity index (χ0) is 46.9. The molecule has 1 unspecified atom stereocenters. The quantitative estimate of drug-likeness (QED) is 0.0803. The van der Waals surface area contributed by atoms with Crippen molar-refractivity contribution in [2.75, 3.05) is 13.3 Å². The molecular formula is C47H42N4O14S. The Hall–Kier alpha value is -7.48. The largest absolute Gasteiger partial charge is 0.463 e. The average Bonchev–Trinajstić information content (AvgIpc) is 3.94. The Morgan fingerprint density at radius 3 is 1.89 bits per heavy atom. The summed E-state index contributed by atoms with van der Waals surface area (Å²) in [5.41, 5.74) is 1.03. The summed E-state index contributed by atoms with van der Waals surface area (Å²) in [5, 5.41) is 0.617. The van der Waals surface area contributed by atoms with Gasteiger partial charge in [-0.05, 0) is 35.9 Å². The number of ether oxygens (including phenoxy) is 6. The van der Waals surface area contributed by atoms with E-state index in [-0.39, 0.29) is 50.3 Å². The molecule has 8 rings (SSSR count). The molecule has 5 atom stereocenters. The van der Waals surface area contributed by atoms with E-state index in [0.717, 1.165) is 42.1 Å². The summed E-state index contributed by atoms with van der Waals surface area (Å²) in [4.78, 5) is 85.5. The highest BCUT2D eigenvalue weighted by atomic mass is 32.2. The molecule has 2 aliphatic rings. The SMILES string of the molecule is CC(=O)OC[C@H]1OC(n2cc(C3=C(c4cn(S(=O)(=O)c5ccccc5)c5ccccc45)C(=O)N(COCc4ccccc4)C3=O)c3cccnc32)[C@H](OC(C)=O)[C@@H](OC(C)=O)[C@@H]1OC(C)=O. The van der Waals surface area contributed by atoms with Gasteiger partial charge in [-0.25, -0.2) is 22.3 Å². The summed E-state index contributed by atoms with van der Waals surface area (Å²) in [6.45, 7) is 3.50. The van der Waals surface area contributed by atoms with Gasteiger partial charge in [-0.15, -0.1) is 0 Å². The fraction of sp³-hybridized carbons (Fsp3) is 0.255. The number of pyridine rings is 1. The van der Waals surface area contributed by atoms with Crippen molar-refractivity contribution in [3.8, 4) is 0 Å². The summed E-state index contributed by atoms with van der Waals surface area (Å²) >= 11 is 0. The van der Waals surface area contributed by atoms with Crippen molar-refractivity contribution < 1.29 is 65.6 Å². The van der Waals surface area contributed by atoms with Crippen molar-refractivity contribution in [1.29, 1.82) is 0 Å². The topological polar surface area (TPSA) is 218 Å². The third-order valence-corrected chi connectivity index (χ3v) is 12.5. The molecular weight excluding hydrogens is 877 g/mol. The zero-order valence-corrected chi connectivity index (χ0v) is 36.7. The predicted octanol–water partition coefficient (Wildman–Crippen LogP) is 4.94. The summed E-state index contributed by atoms with van der Waals surface area (Å²) < 4.78 is 65.8. The van der Waals surface area contributed by atoms with E-state index in [0.29, 0.717) is 5.39 Å². The Morgan fingerprint density at radius 2 is 1.24 bits per heavy atom. The molecule has 19 heteroatoms. The molecule has 6 aromatic rings. The van der Waals surface area contributed by atoms with Gasteiger partial charge < -0.3 is 33.0 Å². The van der Waals surface area contributed by atoms with Crippen molar-refractivity contribution >= 4 is 78.8 Å². The number of nitrogens with zero attached hydrogens (tertiary/aromatic N) is 4. The Bertz CT molecular complexity index is 3040. The summed E-state index contributed by atoms with van der Waals surface area (Å²) in [5.74, 6) is -4.80. The first kappa shape index (κ1) is 45.1. The van der Waals surface area contributed by atoms with Crippen LogP contribution >= 0.6 is 0 Å². The molecule has 340 valence electrons. The molecule has 0 N–H and O–H groups in total. The van der Waals surface area contributed by atoms with E-state index in [9.17, 15) is 32.4 Å². The number of hydrogen-bond donors (Lipinski definition) is 0. The van der Waals surface area contributed by atoms with Crippen molar-refractivity contribution in [3.05, 3.63) is 132 Å². The molecule has 5 heterocycles. The number of hydrogen-bond acceptors (Lipinski definition) is 15. The maximum absolute atomic E-state index is 15.0. The predicted molar refractivity (Wildman–Crippen MR) is 233 cm³/mol. The minimum atomic E-state index is -4.26. The van der Waals surface area contributed by atoms with E-state index >= 15 is 4.79 Å². The molecule has 1 fully saturated rings. The molecule has 1 saturated heterocycles.